The molecule has 3 aliphatic heterocycles. The van der Waals surface area contributed by atoms with Gasteiger partial charge in [-0.25, -0.2) is 0 Å². The van der Waals surface area contributed by atoms with E-state index in [1.807, 2.05) is 12.1 Å². The van der Waals surface area contributed by atoms with Crippen LogP contribution in [0, 0.1) is 11.3 Å². The Bertz CT molecular complexity index is 633. The number of halogens is 1. The lowest BCUT2D eigenvalue weighted by Crippen LogP contribution is -2.34. The molecule has 1 aromatic rings. The van der Waals surface area contributed by atoms with Gasteiger partial charge in [0.05, 0.1) is 26.4 Å². The standard InChI is InChI=1S/C18H24ClNO3/c1-17(2)10-23-16-12(3-14(19)4-15(16)17)5-20-6-13-7-22-11-18(13,8-20)9-21/h3-4,13,21H,5-11H2,1-2H3/t13-,18-/m0/s1. The molecule has 0 unspecified atom stereocenters. The quantitative estimate of drug-likeness (QED) is 0.920. The van der Waals surface area contributed by atoms with E-state index < -0.39 is 0 Å². The van der Waals surface area contributed by atoms with Crippen molar-refractivity contribution in [2.75, 3.05) is 39.5 Å². The highest BCUT2D eigenvalue weighted by Crippen LogP contribution is 2.45. The molecule has 3 heterocycles. The van der Waals surface area contributed by atoms with Gasteiger partial charge in [-0.05, 0) is 12.1 Å². The van der Waals surface area contributed by atoms with Gasteiger partial charge >= 0.3 is 0 Å². The summed E-state index contributed by atoms with van der Waals surface area (Å²) in [5.41, 5.74) is 2.30. The molecule has 0 radical (unpaired) electrons. The van der Waals surface area contributed by atoms with Crippen molar-refractivity contribution in [3.63, 3.8) is 0 Å². The minimum absolute atomic E-state index is 0.0106. The van der Waals surface area contributed by atoms with E-state index in [2.05, 4.69) is 18.7 Å². The van der Waals surface area contributed by atoms with Gasteiger partial charge in [0.25, 0.3) is 0 Å². The molecule has 0 aliphatic carbocycles. The number of fused-ring (bicyclic) bond motifs is 2. The van der Waals surface area contributed by atoms with Crippen LogP contribution in [0.3, 0.4) is 0 Å². The van der Waals surface area contributed by atoms with Crippen LogP contribution in [0.4, 0.5) is 0 Å². The first-order valence-electron chi connectivity index (χ1n) is 8.30. The number of ether oxygens (including phenoxy) is 2. The second-order valence-corrected chi connectivity index (χ2v) is 8.45. The van der Waals surface area contributed by atoms with Crippen molar-refractivity contribution in [2.24, 2.45) is 11.3 Å². The SMILES string of the molecule is CC1(C)COc2c(CN3C[C@H]4COC[C@@]4(CO)C3)cc(Cl)cc21. The van der Waals surface area contributed by atoms with Crippen LogP contribution in [0.5, 0.6) is 5.75 Å². The molecule has 0 saturated carbocycles. The molecule has 126 valence electrons. The first-order valence-corrected chi connectivity index (χ1v) is 8.68. The van der Waals surface area contributed by atoms with Crippen LogP contribution in [0.15, 0.2) is 12.1 Å². The number of nitrogens with zero attached hydrogens (tertiary/aromatic N) is 1. The maximum Gasteiger partial charge on any atom is 0.127 e. The Morgan fingerprint density at radius 3 is 2.91 bits per heavy atom. The lowest BCUT2D eigenvalue weighted by molar-refractivity contribution is 0.0801. The van der Waals surface area contributed by atoms with E-state index >= 15 is 0 Å². The topological polar surface area (TPSA) is 41.9 Å². The number of benzene rings is 1. The zero-order valence-electron chi connectivity index (χ0n) is 13.8. The summed E-state index contributed by atoms with van der Waals surface area (Å²) in [4.78, 5) is 2.41. The fourth-order valence-electron chi connectivity index (χ4n) is 4.30. The van der Waals surface area contributed by atoms with Gasteiger partial charge in [-0.1, -0.05) is 25.4 Å². The highest BCUT2D eigenvalue weighted by molar-refractivity contribution is 6.30. The average Bonchev–Trinajstić information content (AvgIpc) is 3.10. The van der Waals surface area contributed by atoms with Crippen LogP contribution in [-0.2, 0) is 16.7 Å². The van der Waals surface area contributed by atoms with Crippen LogP contribution < -0.4 is 4.74 Å². The Morgan fingerprint density at radius 2 is 2.17 bits per heavy atom. The Labute approximate surface area is 142 Å². The van der Waals surface area contributed by atoms with E-state index in [-0.39, 0.29) is 17.4 Å². The smallest absolute Gasteiger partial charge is 0.127 e. The number of likely N-dealkylation sites (tertiary alicyclic amines) is 1. The van der Waals surface area contributed by atoms with E-state index in [0.29, 0.717) is 19.1 Å². The third-order valence-electron chi connectivity index (χ3n) is 5.74. The zero-order valence-corrected chi connectivity index (χ0v) is 14.5. The molecule has 4 rings (SSSR count). The molecule has 4 nitrogen and oxygen atoms in total. The van der Waals surface area contributed by atoms with E-state index in [1.165, 1.54) is 5.56 Å². The van der Waals surface area contributed by atoms with Crippen LogP contribution in [0.2, 0.25) is 5.02 Å². The number of hydrogen-bond donors (Lipinski definition) is 1. The lowest BCUT2D eigenvalue weighted by Gasteiger charge is -2.24. The fourth-order valence-corrected chi connectivity index (χ4v) is 4.54. The van der Waals surface area contributed by atoms with E-state index in [1.54, 1.807) is 0 Å². The third kappa shape index (κ3) is 2.47. The van der Waals surface area contributed by atoms with Crippen LogP contribution in [0.1, 0.15) is 25.0 Å². The molecule has 0 aromatic heterocycles. The van der Waals surface area contributed by atoms with Gasteiger partial charge in [-0.2, -0.15) is 0 Å². The molecule has 23 heavy (non-hydrogen) atoms. The highest BCUT2D eigenvalue weighted by Gasteiger charge is 2.50. The molecule has 2 saturated heterocycles. The molecular weight excluding hydrogens is 314 g/mol. The van der Waals surface area contributed by atoms with Crippen molar-refractivity contribution in [2.45, 2.75) is 25.8 Å². The maximum absolute atomic E-state index is 9.83. The summed E-state index contributed by atoms with van der Waals surface area (Å²) in [6.07, 6.45) is 0. The van der Waals surface area contributed by atoms with E-state index in [0.717, 1.165) is 42.6 Å². The number of hydrogen-bond acceptors (Lipinski definition) is 4. The van der Waals surface area contributed by atoms with Gasteiger partial charge in [-0.15, -0.1) is 0 Å². The summed E-state index contributed by atoms with van der Waals surface area (Å²) in [6.45, 7) is 9.37. The molecule has 2 fully saturated rings. The summed E-state index contributed by atoms with van der Waals surface area (Å²) < 4.78 is 11.6. The minimum atomic E-state index is -0.0815. The summed E-state index contributed by atoms with van der Waals surface area (Å²) >= 11 is 6.36. The number of rotatable bonds is 3. The summed E-state index contributed by atoms with van der Waals surface area (Å²) in [5.74, 6) is 1.43. The molecule has 0 bridgehead atoms. The van der Waals surface area contributed by atoms with Gasteiger partial charge in [0.15, 0.2) is 0 Å². The highest BCUT2D eigenvalue weighted by atomic mass is 35.5. The normalized spacial score (nSPS) is 31.9. The van der Waals surface area contributed by atoms with Crippen LogP contribution in [0.25, 0.3) is 0 Å². The predicted molar refractivity (Wildman–Crippen MR) is 89.1 cm³/mol. The first kappa shape index (κ1) is 15.7. The Hall–Kier alpha value is -0.810. The second-order valence-electron chi connectivity index (χ2n) is 8.02. The van der Waals surface area contributed by atoms with Crippen molar-refractivity contribution in [3.05, 3.63) is 28.3 Å². The molecular formula is C18H24ClNO3. The molecule has 1 N–H and O–H groups in total. The van der Waals surface area contributed by atoms with Crippen molar-refractivity contribution in [3.8, 4) is 5.75 Å². The van der Waals surface area contributed by atoms with Crippen molar-refractivity contribution in [1.82, 2.24) is 4.90 Å². The predicted octanol–water partition coefficient (Wildman–Crippen LogP) is 2.45. The molecule has 0 amide bonds. The van der Waals surface area contributed by atoms with Crippen LogP contribution in [-0.4, -0.2) is 49.5 Å². The van der Waals surface area contributed by atoms with Gasteiger partial charge in [0.2, 0.25) is 0 Å². The largest absolute Gasteiger partial charge is 0.492 e. The van der Waals surface area contributed by atoms with E-state index in [9.17, 15) is 5.11 Å². The maximum atomic E-state index is 9.83. The summed E-state index contributed by atoms with van der Waals surface area (Å²) in [5, 5.41) is 10.6. The minimum Gasteiger partial charge on any atom is -0.492 e. The monoisotopic (exact) mass is 337 g/mol. The van der Waals surface area contributed by atoms with Crippen molar-refractivity contribution < 1.29 is 14.6 Å². The summed E-state index contributed by atoms with van der Waals surface area (Å²) in [6, 6.07) is 4.06. The summed E-state index contributed by atoms with van der Waals surface area (Å²) in [7, 11) is 0. The number of aliphatic hydroxyl groups excluding tert-OH is 1. The molecule has 3 aliphatic rings. The van der Waals surface area contributed by atoms with Crippen molar-refractivity contribution in [1.29, 1.82) is 0 Å². The Balaban J connectivity index is 1.59. The van der Waals surface area contributed by atoms with Gasteiger partial charge < -0.3 is 14.6 Å². The lowest BCUT2D eigenvalue weighted by atomic mass is 9.82. The first-order chi connectivity index (χ1) is 10.9. The van der Waals surface area contributed by atoms with Gasteiger partial charge in [0, 0.05) is 52.5 Å². The second kappa shape index (κ2) is 5.35. The third-order valence-corrected chi connectivity index (χ3v) is 5.96. The Morgan fingerprint density at radius 1 is 1.35 bits per heavy atom. The van der Waals surface area contributed by atoms with Gasteiger partial charge in [0.1, 0.15) is 5.75 Å². The zero-order chi connectivity index (χ0) is 16.2. The molecule has 2 atom stereocenters. The molecule has 1 aromatic carbocycles. The molecule has 5 heteroatoms. The Kier molecular flexibility index (Phi) is 3.65. The number of aliphatic hydroxyl groups is 1. The van der Waals surface area contributed by atoms with Gasteiger partial charge in [-0.3, -0.25) is 4.90 Å². The molecule has 0 spiro atoms. The van der Waals surface area contributed by atoms with Crippen LogP contribution >= 0.6 is 11.6 Å². The van der Waals surface area contributed by atoms with Crippen molar-refractivity contribution >= 4 is 11.6 Å². The fraction of sp³-hybridized carbons (Fsp3) is 0.667. The average molecular weight is 338 g/mol. The van der Waals surface area contributed by atoms with E-state index in [4.69, 9.17) is 21.1 Å².